The van der Waals surface area contributed by atoms with Gasteiger partial charge in [0.25, 0.3) is 0 Å². The lowest BCUT2D eigenvalue weighted by Gasteiger charge is -2.16. The molecule has 1 aromatic heterocycles. The van der Waals surface area contributed by atoms with Gasteiger partial charge in [-0.2, -0.15) is 0 Å². The highest BCUT2D eigenvalue weighted by molar-refractivity contribution is 6.35. The maximum Gasteiger partial charge on any atom is 0.0651 e. The Morgan fingerprint density at radius 2 is 1.79 bits per heavy atom. The lowest BCUT2D eigenvalue weighted by Crippen LogP contribution is -2.14. The first-order chi connectivity index (χ1) is 6.52. The van der Waals surface area contributed by atoms with Crippen molar-refractivity contribution in [1.29, 1.82) is 0 Å². The molecule has 0 aromatic carbocycles. The summed E-state index contributed by atoms with van der Waals surface area (Å²) in [5.41, 5.74) is 6.80. The second-order valence-electron chi connectivity index (χ2n) is 3.75. The van der Waals surface area contributed by atoms with E-state index < -0.39 is 0 Å². The van der Waals surface area contributed by atoms with Gasteiger partial charge in [0.05, 0.1) is 10.0 Å². The number of hydrogen-bond donors (Lipinski definition) is 1. The van der Waals surface area contributed by atoms with Crippen molar-refractivity contribution < 1.29 is 0 Å². The van der Waals surface area contributed by atoms with Crippen molar-refractivity contribution in [2.75, 3.05) is 0 Å². The average molecular weight is 233 g/mol. The van der Waals surface area contributed by atoms with E-state index in [1.807, 2.05) is 0 Å². The molecular weight excluding hydrogens is 219 g/mol. The fourth-order valence-corrected chi connectivity index (χ4v) is 2.05. The molecule has 1 heterocycles. The summed E-state index contributed by atoms with van der Waals surface area (Å²) < 4.78 is 0. The molecule has 0 spiro atoms. The summed E-state index contributed by atoms with van der Waals surface area (Å²) >= 11 is 12.0. The maximum absolute atomic E-state index is 6.00. The minimum atomic E-state index is -0.113. The molecule has 0 unspecified atom stereocenters. The number of halogens is 2. The Morgan fingerprint density at radius 1 is 1.29 bits per heavy atom. The van der Waals surface area contributed by atoms with Crippen LogP contribution in [0.2, 0.25) is 10.0 Å². The number of aromatic nitrogens is 1. The molecule has 0 fully saturated rings. The van der Waals surface area contributed by atoms with Crippen molar-refractivity contribution in [1.82, 2.24) is 4.98 Å². The first-order valence-corrected chi connectivity index (χ1v) is 5.32. The van der Waals surface area contributed by atoms with Crippen LogP contribution < -0.4 is 5.73 Å². The highest BCUT2D eigenvalue weighted by Gasteiger charge is 2.15. The molecule has 0 aliphatic heterocycles. The molecule has 78 valence electrons. The monoisotopic (exact) mass is 232 g/mol. The third-order valence-corrected chi connectivity index (χ3v) is 2.59. The van der Waals surface area contributed by atoms with Gasteiger partial charge in [-0.25, -0.2) is 0 Å². The molecule has 1 atom stereocenters. The van der Waals surface area contributed by atoms with Gasteiger partial charge in [0.1, 0.15) is 0 Å². The van der Waals surface area contributed by atoms with E-state index in [0.717, 1.165) is 12.0 Å². The molecule has 0 radical (unpaired) electrons. The number of pyridine rings is 1. The molecule has 1 rings (SSSR count). The van der Waals surface area contributed by atoms with E-state index in [2.05, 4.69) is 18.8 Å². The van der Waals surface area contributed by atoms with E-state index in [4.69, 9.17) is 28.9 Å². The van der Waals surface area contributed by atoms with Crippen LogP contribution >= 0.6 is 23.2 Å². The van der Waals surface area contributed by atoms with E-state index in [-0.39, 0.29) is 6.04 Å². The summed E-state index contributed by atoms with van der Waals surface area (Å²) in [5.74, 6) is 0.519. The number of nitrogens with two attached hydrogens (primary N) is 1. The van der Waals surface area contributed by atoms with Crippen molar-refractivity contribution in [3.8, 4) is 0 Å². The molecule has 1 aromatic rings. The number of rotatable bonds is 3. The van der Waals surface area contributed by atoms with Crippen molar-refractivity contribution in [3.63, 3.8) is 0 Å². The Labute approximate surface area is 94.4 Å². The Morgan fingerprint density at radius 3 is 2.21 bits per heavy atom. The Kier molecular flexibility index (Phi) is 4.17. The lowest BCUT2D eigenvalue weighted by atomic mass is 9.99. The van der Waals surface area contributed by atoms with E-state index >= 15 is 0 Å². The van der Waals surface area contributed by atoms with Gasteiger partial charge in [0.15, 0.2) is 0 Å². The molecule has 0 saturated heterocycles. The molecule has 0 amide bonds. The quantitative estimate of drug-likeness (QED) is 0.868. The SMILES string of the molecule is CC(C)C[C@H](N)c1c(Cl)cncc1Cl. The minimum absolute atomic E-state index is 0.113. The van der Waals surface area contributed by atoms with Crippen LogP contribution in [0.25, 0.3) is 0 Å². The van der Waals surface area contributed by atoms with Gasteiger partial charge >= 0.3 is 0 Å². The van der Waals surface area contributed by atoms with Gasteiger partial charge in [-0.05, 0) is 12.3 Å². The zero-order valence-corrected chi connectivity index (χ0v) is 9.81. The van der Waals surface area contributed by atoms with Gasteiger partial charge in [0, 0.05) is 24.0 Å². The largest absolute Gasteiger partial charge is 0.324 e. The van der Waals surface area contributed by atoms with Gasteiger partial charge in [-0.1, -0.05) is 37.0 Å². The molecule has 2 N–H and O–H groups in total. The van der Waals surface area contributed by atoms with E-state index in [1.54, 1.807) is 12.4 Å². The van der Waals surface area contributed by atoms with Gasteiger partial charge in [-0.15, -0.1) is 0 Å². The van der Waals surface area contributed by atoms with Crippen LogP contribution in [0.15, 0.2) is 12.4 Å². The molecule has 2 nitrogen and oxygen atoms in total. The normalized spacial score (nSPS) is 13.3. The van der Waals surface area contributed by atoms with Gasteiger partial charge in [-0.3, -0.25) is 4.98 Å². The Hall–Kier alpha value is -0.310. The zero-order valence-electron chi connectivity index (χ0n) is 8.30. The molecule has 0 bridgehead atoms. The molecule has 0 aliphatic carbocycles. The highest BCUT2D eigenvalue weighted by atomic mass is 35.5. The summed E-state index contributed by atoms with van der Waals surface area (Å²) in [5, 5.41) is 1.09. The fraction of sp³-hybridized carbons (Fsp3) is 0.500. The highest BCUT2D eigenvalue weighted by Crippen LogP contribution is 2.30. The first-order valence-electron chi connectivity index (χ1n) is 4.56. The van der Waals surface area contributed by atoms with Crippen molar-refractivity contribution in [3.05, 3.63) is 28.0 Å². The summed E-state index contributed by atoms with van der Waals surface area (Å²) in [6.07, 6.45) is 4.01. The number of nitrogens with zero attached hydrogens (tertiary/aromatic N) is 1. The molecule has 14 heavy (non-hydrogen) atoms. The maximum atomic E-state index is 6.00. The van der Waals surface area contributed by atoms with Crippen LogP contribution in [0.4, 0.5) is 0 Å². The predicted octanol–water partition coefficient (Wildman–Crippen LogP) is 3.43. The van der Waals surface area contributed by atoms with E-state index in [9.17, 15) is 0 Å². The zero-order chi connectivity index (χ0) is 10.7. The average Bonchev–Trinajstić information content (AvgIpc) is 2.01. The molecule has 0 aliphatic rings. The Balaban J connectivity index is 2.94. The molecule has 4 heteroatoms. The topological polar surface area (TPSA) is 38.9 Å². The van der Waals surface area contributed by atoms with Crippen LogP contribution in [0.5, 0.6) is 0 Å². The van der Waals surface area contributed by atoms with Crippen LogP contribution in [0, 0.1) is 5.92 Å². The summed E-state index contributed by atoms with van der Waals surface area (Å²) in [6.45, 7) is 4.23. The first kappa shape index (κ1) is 11.8. The van der Waals surface area contributed by atoms with Crippen LogP contribution in [0.3, 0.4) is 0 Å². The van der Waals surface area contributed by atoms with E-state index in [1.165, 1.54) is 0 Å². The van der Waals surface area contributed by atoms with Gasteiger partial charge < -0.3 is 5.73 Å². The lowest BCUT2D eigenvalue weighted by molar-refractivity contribution is 0.510. The van der Waals surface area contributed by atoms with E-state index in [0.29, 0.717) is 16.0 Å². The van der Waals surface area contributed by atoms with Crippen molar-refractivity contribution in [2.45, 2.75) is 26.3 Å². The second-order valence-corrected chi connectivity index (χ2v) is 4.57. The Bertz CT molecular complexity index is 293. The molecular formula is C10H14Cl2N2. The third-order valence-electron chi connectivity index (χ3n) is 1.99. The predicted molar refractivity (Wildman–Crippen MR) is 60.6 cm³/mol. The van der Waals surface area contributed by atoms with Crippen LogP contribution in [-0.2, 0) is 0 Å². The fourth-order valence-electron chi connectivity index (χ4n) is 1.40. The minimum Gasteiger partial charge on any atom is -0.324 e. The smallest absolute Gasteiger partial charge is 0.0651 e. The molecule has 0 saturated carbocycles. The summed E-state index contributed by atoms with van der Waals surface area (Å²) in [6, 6.07) is -0.113. The van der Waals surface area contributed by atoms with Crippen LogP contribution in [0.1, 0.15) is 31.9 Å². The van der Waals surface area contributed by atoms with Crippen LogP contribution in [-0.4, -0.2) is 4.98 Å². The van der Waals surface area contributed by atoms with Gasteiger partial charge in [0.2, 0.25) is 0 Å². The van der Waals surface area contributed by atoms with Crippen molar-refractivity contribution in [2.24, 2.45) is 11.7 Å². The summed E-state index contributed by atoms with van der Waals surface area (Å²) in [7, 11) is 0. The summed E-state index contributed by atoms with van der Waals surface area (Å²) in [4.78, 5) is 3.89. The second kappa shape index (κ2) is 4.96. The number of hydrogen-bond acceptors (Lipinski definition) is 2. The standard InChI is InChI=1S/C10H14Cl2N2/c1-6(2)3-9(13)10-7(11)4-14-5-8(10)12/h4-6,9H,3,13H2,1-2H3/t9-/m0/s1. The third kappa shape index (κ3) is 2.84. The van der Waals surface area contributed by atoms with Crippen molar-refractivity contribution >= 4 is 23.2 Å².